The maximum Gasteiger partial charge on any atom is 0.207 e. The number of carbonyl (C=O) groups is 2. The fourth-order valence-corrected chi connectivity index (χ4v) is 2.33. The van der Waals surface area contributed by atoms with Crippen LogP contribution < -0.4 is 0 Å². The van der Waals surface area contributed by atoms with Crippen LogP contribution in [-0.2, 0) is 15.2 Å². The lowest BCUT2D eigenvalue weighted by Crippen LogP contribution is -2.55. The summed E-state index contributed by atoms with van der Waals surface area (Å²) in [6.07, 6.45) is 0.0907. The van der Waals surface area contributed by atoms with Crippen LogP contribution in [0.1, 0.15) is 45.6 Å². The molecule has 1 aromatic carbocycles. The molecule has 4 nitrogen and oxygen atoms in total. The lowest BCUT2D eigenvalue weighted by atomic mass is 9.75. The van der Waals surface area contributed by atoms with E-state index >= 15 is 0 Å². The molecule has 2 N–H and O–H groups in total. The zero-order valence-corrected chi connectivity index (χ0v) is 12.2. The zero-order chi connectivity index (χ0) is 15.4. The third kappa shape index (κ3) is 2.67. The van der Waals surface area contributed by atoms with Gasteiger partial charge in [0.05, 0.1) is 0 Å². The minimum Gasteiger partial charge on any atom is -0.377 e. The molecule has 0 amide bonds. The second kappa shape index (κ2) is 6.29. The van der Waals surface area contributed by atoms with Crippen molar-refractivity contribution in [3.63, 3.8) is 0 Å². The first-order valence-electron chi connectivity index (χ1n) is 6.95. The Labute approximate surface area is 119 Å². The lowest BCUT2D eigenvalue weighted by molar-refractivity contribution is -0.165. The molecule has 0 bridgehead atoms. The summed E-state index contributed by atoms with van der Waals surface area (Å²) in [5.74, 6) is -1.40. The van der Waals surface area contributed by atoms with Gasteiger partial charge in [0.15, 0.2) is 17.0 Å². The van der Waals surface area contributed by atoms with Crippen molar-refractivity contribution in [3.8, 4) is 0 Å². The molecule has 0 spiro atoms. The molecule has 0 aliphatic carbocycles. The Morgan fingerprint density at radius 1 is 1.00 bits per heavy atom. The third-order valence-electron chi connectivity index (χ3n) is 3.81. The van der Waals surface area contributed by atoms with Crippen LogP contribution in [0.4, 0.5) is 0 Å². The number of hydrogen-bond acceptors (Lipinski definition) is 4. The van der Waals surface area contributed by atoms with Crippen molar-refractivity contribution in [1.29, 1.82) is 0 Å². The van der Waals surface area contributed by atoms with Gasteiger partial charge in [-0.25, -0.2) is 0 Å². The summed E-state index contributed by atoms with van der Waals surface area (Å²) < 4.78 is 0. The summed E-state index contributed by atoms with van der Waals surface area (Å²) >= 11 is 0. The predicted molar refractivity (Wildman–Crippen MR) is 76.2 cm³/mol. The molecule has 1 aromatic rings. The summed E-state index contributed by atoms with van der Waals surface area (Å²) in [5, 5.41) is 21.1. The second-order valence-electron chi connectivity index (χ2n) is 4.90. The molecule has 4 heteroatoms. The molecule has 0 aromatic heterocycles. The topological polar surface area (TPSA) is 74.6 Å². The monoisotopic (exact) mass is 278 g/mol. The maximum atomic E-state index is 12.6. The number of aliphatic hydroxyl groups is 2. The van der Waals surface area contributed by atoms with E-state index in [1.165, 1.54) is 0 Å². The van der Waals surface area contributed by atoms with Crippen molar-refractivity contribution in [3.05, 3.63) is 35.9 Å². The van der Waals surface area contributed by atoms with E-state index in [0.717, 1.165) is 0 Å². The Morgan fingerprint density at radius 2 is 1.55 bits per heavy atom. The van der Waals surface area contributed by atoms with Gasteiger partial charge in [-0.15, -0.1) is 0 Å². The van der Waals surface area contributed by atoms with Crippen molar-refractivity contribution in [1.82, 2.24) is 0 Å². The van der Waals surface area contributed by atoms with Crippen LogP contribution in [0.3, 0.4) is 0 Å². The van der Waals surface area contributed by atoms with Crippen LogP contribution in [-0.4, -0.2) is 27.4 Å². The average Bonchev–Trinajstić information content (AvgIpc) is 2.52. The van der Waals surface area contributed by atoms with E-state index < -0.39 is 22.8 Å². The molecule has 20 heavy (non-hydrogen) atoms. The predicted octanol–water partition coefficient (Wildman–Crippen LogP) is 1.97. The molecule has 0 aliphatic heterocycles. The lowest BCUT2D eigenvalue weighted by Gasteiger charge is -2.34. The second-order valence-corrected chi connectivity index (χ2v) is 4.90. The first-order valence-corrected chi connectivity index (χ1v) is 6.95. The van der Waals surface area contributed by atoms with Gasteiger partial charge in [0, 0.05) is 6.42 Å². The van der Waals surface area contributed by atoms with Crippen LogP contribution in [0.5, 0.6) is 0 Å². The van der Waals surface area contributed by atoms with Gasteiger partial charge in [0.25, 0.3) is 0 Å². The highest BCUT2D eigenvalue weighted by atomic mass is 16.3. The summed E-state index contributed by atoms with van der Waals surface area (Å²) in [6, 6.07) is 8.42. The molecule has 0 radical (unpaired) electrons. The molecule has 0 fully saturated rings. The van der Waals surface area contributed by atoms with Gasteiger partial charge in [0.1, 0.15) is 0 Å². The molecule has 0 saturated carbocycles. The van der Waals surface area contributed by atoms with Crippen LogP contribution >= 0.6 is 0 Å². The quantitative estimate of drug-likeness (QED) is 0.748. The van der Waals surface area contributed by atoms with Crippen molar-refractivity contribution < 1.29 is 19.8 Å². The highest BCUT2D eigenvalue weighted by molar-refractivity contribution is 6.13. The number of Topliss-reactive ketones (excluding diaryl/α,β-unsaturated/α-hetero) is 2. The van der Waals surface area contributed by atoms with Gasteiger partial charge < -0.3 is 10.2 Å². The number of benzene rings is 1. The minimum atomic E-state index is -2.13. The van der Waals surface area contributed by atoms with E-state index in [0.29, 0.717) is 5.56 Å². The van der Waals surface area contributed by atoms with Crippen LogP contribution in [0.25, 0.3) is 0 Å². The van der Waals surface area contributed by atoms with Crippen molar-refractivity contribution in [2.24, 2.45) is 0 Å². The first kappa shape index (κ1) is 16.5. The Kier molecular flexibility index (Phi) is 5.20. The fraction of sp³-hybridized carbons (Fsp3) is 0.500. The number of ketones is 2. The molecular formula is C16H22O4. The van der Waals surface area contributed by atoms with Gasteiger partial charge in [0.2, 0.25) is 5.78 Å². The fourth-order valence-electron chi connectivity index (χ4n) is 2.33. The Bertz CT molecular complexity index is 483. The SMILES string of the molecule is CCC(=O)[C@](O)(CC)C(=O)[C@@](O)(CC)c1ccccc1. The smallest absolute Gasteiger partial charge is 0.207 e. The normalized spacial score (nSPS) is 17.1. The minimum absolute atomic E-state index is 0.0463. The van der Waals surface area contributed by atoms with E-state index in [4.69, 9.17) is 0 Å². The molecule has 0 aliphatic rings. The molecule has 1 rings (SSSR count). The molecular weight excluding hydrogens is 256 g/mol. The molecule has 0 heterocycles. The van der Waals surface area contributed by atoms with Gasteiger partial charge >= 0.3 is 0 Å². The number of carbonyl (C=O) groups excluding carboxylic acids is 2. The van der Waals surface area contributed by atoms with Gasteiger partial charge in [-0.1, -0.05) is 51.1 Å². The van der Waals surface area contributed by atoms with Gasteiger partial charge in [-0.3, -0.25) is 9.59 Å². The van der Waals surface area contributed by atoms with E-state index in [-0.39, 0.29) is 19.3 Å². The number of rotatable bonds is 7. The van der Waals surface area contributed by atoms with Gasteiger partial charge in [-0.05, 0) is 18.4 Å². The molecule has 110 valence electrons. The third-order valence-corrected chi connectivity index (χ3v) is 3.81. The van der Waals surface area contributed by atoms with Crippen LogP contribution in [0.15, 0.2) is 30.3 Å². The van der Waals surface area contributed by atoms with E-state index in [1.807, 2.05) is 0 Å². The van der Waals surface area contributed by atoms with Crippen molar-refractivity contribution >= 4 is 11.6 Å². The Morgan fingerprint density at radius 3 is 1.95 bits per heavy atom. The maximum absolute atomic E-state index is 12.6. The van der Waals surface area contributed by atoms with E-state index in [9.17, 15) is 19.8 Å². The number of hydrogen-bond donors (Lipinski definition) is 2. The molecule has 2 atom stereocenters. The highest BCUT2D eigenvalue weighted by Gasteiger charge is 2.51. The summed E-state index contributed by atoms with van der Waals surface area (Å²) in [6.45, 7) is 4.80. The Balaban J connectivity index is 3.30. The summed E-state index contributed by atoms with van der Waals surface area (Å²) in [4.78, 5) is 24.5. The highest BCUT2D eigenvalue weighted by Crippen LogP contribution is 2.32. The summed E-state index contributed by atoms with van der Waals surface area (Å²) in [5.41, 5.74) is -3.59. The zero-order valence-electron chi connectivity index (χ0n) is 12.2. The average molecular weight is 278 g/mol. The first-order chi connectivity index (χ1) is 9.36. The standard InChI is InChI=1S/C16H22O4/c1-4-13(17)16(20,6-3)14(18)15(19,5-2)12-10-8-7-9-11-12/h7-11,19-20H,4-6H2,1-3H3/t15-,16-/m1/s1. The van der Waals surface area contributed by atoms with Crippen molar-refractivity contribution in [2.45, 2.75) is 51.2 Å². The van der Waals surface area contributed by atoms with Crippen LogP contribution in [0, 0.1) is 0 Å². The van der Waals surface area contributed by atoms with E-state index in [1.54, 1.807) is 51.1 Å². The molecule has 0 saturated heterocycles. The summed E-state index contributed by atoms with van der Waals surface area (Å²) in [7, 11) is 0. The largest absolute Gasteiger partial charge is 0.377 e. The van der Waals surface area contributed by atoms with E-state index in [2.05, 4.69) is 0 Å². The Hall–Kier alpha value is -1.52. The van der Waals surface area contributed by atoms with Crippen LogP contribution in [0.2, 0.25) is 0 Å². The molecule has 0 unspecified atom stereocenters. The van der Waals surface area contributed by atoms with Crippen molar-refractivity contribution in [2.75, 3.05) is 0 Å². The van der Waals surface area contributed by atoms with Gasteiger partial charge in [-0.2, -0.15) is 0 Å².